The molecule has 0 bridgehead atoms. The van der Waals surface area contributed by atoms with Gasteiger partial charge in [-0.25, -0.2) is 8.42 Å². The van der Waals surface area contributed by atoms with Crippen molar-refractivity contribution < 1.29 is 17.9 Å². The van der Waals surface area contributed by atoms with E-state index in [4.69, 9.17) is 9.47 Å². The van der Waals surface area contributed by atoms with E-state index in [0.29, 0.717) is 25.4 Å². The zero-order valence-electron chi connectivity index (χ0n) is 12.6. The molecule has 5 nitrogen and oxygen atoms in total. The maximum Gasteiger partial charge on any atom is 0.161 e. The third-order valence-corrected chi connectivity index (χ3v) is 5.33. The molecule has 0 fully saturated rings. The van der Waals surface area contributed by atoms with Crippen LogP contribution in [0.15, 0.2) is 18.2 Å². The van der Waals surface area contributed by atoms with Crippen molar-refractivity contribution in [2.24, 2.45) is 0 Å². The molecule has 1 N–H and O–H groups in total. The smallest absolute Gasteiger partial charge is 0.161 e. The summed E-state index contributed by atoms with van der Waals surface area (Å²) in [7, 11) is -1.28. The molecule has 1 atom stereocenters. The average Bonchev–Trinajstić information content (AvgIpc) is 2.69. The highest BCUT2D eigenvalue weighted by Gasteiger charge is 2.21. The molecule has 1 unspecified atom stereocenters. The monoisotopic (exact) mass is 313 g/mol. The van der Waals surface area contributed by atoms with Crippen LogP contribution in [0.4, 0.5) is 0 Å². The van der Waals surface area contributed by atoms with Gasteiger partial charge in [-0.05, 0) is 31.2 Å². The zero-order chi connectivity index (χ0) is 15.3. The summed E-state index contributed by atoms with van der Waals surface area (Å²) in [5.74, 6) is 1.73. The molecule has 1 heterocycles. The van der Waals surface area contributed by atoms with E-state index < -0.39 is 9.84 Å². The summed E-state index contributed by atoms with van der Waals surface area (Å²) >= 11 is 0. The molecule has 2 rings (SSSR count). The number of sulfone groups is 1. The highest BCUT2D eigenvalue weighted by Crippen LogP contribution is 2.32. The molecule has 0 radical (unpaired) electrons. The molecule has 118 valence electrons. The minimum absolute atomic E-state index is 0.0942. The SMILES string of the molecule is CCCS(=O)(=O)CC(NC)c1ccc2c(c1)OCCCO2. The summed E-state index contributed by atoms with van der Waals surface area (Å²) in [4.78, 5) is 0. The van der Waals surface area contributed by atoms with E-state index in [1.807, 2.05) is 25.1 Å². The molecule has 1 aromatic rings. The molecule has 0 amide bonds. The minimum Gasteiger partial charge on any atom is -0.490 e. The van der Waals surface area contributed by atoms with Gasteiger partial charge in [0.1, 0.15) is 0 Å². The molecular weight excluding hydrogens is 290 g/mol. The van der Waals surface area contributed by atoms with Gasteiger partial charge in [0.25, 0.3) is 0 Å². The fourth-order valence-corrected chi connectivity index (χ4v) is 4.05. The second kappa shape index (κ2) is 7.13. The maximum absolute atomic E-state index is 12.0. The minimum atomic E-state index is -3.05. The van der Waals surface area contributed by atoms with Crippen molar-refractivity contribution in [2.45, 2.75) is 25.8 Å². The van der Waals surface area contributed by atoms with Gasteiger partial charge in [0.15, 0.2) is 21.3 Å². The Labute approximate surface area is 126 Å². The number of rotatable bonds is 6. The number of ether oxygens (including phenoxy) is 2. The van der Waals surface area contributed by atoms with Crippen molar-refractivity contribution in [3.63, 3.8) is 0 Å². The van der Waals surface area contributed by atoms with Crippen molar-refractivity contribution in [3.05, 3.63) is 23.8 Å². The highest BCUT2D eigenvalue weighted by atomic mass is 32.2. The number of benzene rings is 1. The van der Waals surface area contributed by atoms with E-state index in [2.05, 4.69) is 5.32 Å². The van der Waals surface area contributed by atoms with E-state index in [1.165, 1.54) is 0 Å². The maximum atomic E-state index is 12.0. The van der Waals surface area contributed by atoms with Crippen molar-refractivity contribution in [1.82, 2.24) is 5.32 Å². The Morgan fingerprint density at radius 2 is 1.95 bits per heavy atom. The van der Waals surface area contributed by atoms with Crippen molar-refractivity contribution in [2.75, 3.05) is 31.8 Å². The lowest BCUT2D eigenvalue weighted by Crippen LogP contribution is -2.26. The molecule has 1 aliphatic rings. The Morgan fingerprint density at radius 3 is 2.62 bits per heavy atom. The van der Waals surface area contributed by atoms with Crippen LogP contribution in [0.1, 0.15) is 31.4 Å². The van der Waals surface area contributed by atoms with Gasteiger partial charge in [-0.1, -0.05) is 13.0 Å². The zero-order valence-corrected chi connectivity index (χ0v) is 13.4. The first-order chi connectivity index (χ1) is 10.1. The largest absolute Gasteiger partial charge is 0.490 e. The van der Waals surface area contributed by atoms with E-state index >= 15 is 0 Å². The van der Waals surface area contributed by atoms with Crippen LogP contribution in [0.2, 0.25) is 0 Å². The van der Waals surface area contributed by atoms with Crippen molar-refractivity contribution in [1.29, 1.82) is 0 Å². The lowest BCUT2D eigenvalue weighted by molar-refractivity contribution is 0.297. The second-order valence-corrected chi connectivity index (χ2v) is 7.44. The summed E-state index contributed by atoms with van der Waals surface area (Å²) in [5.41, 5.74) is 0.904. The quantitative estimate of drug-likeness (QED) is 0.869. The normalized spacial score (nSPS) is 16.3. The van der Waals surface area contributed by atoms with Crippen LogP contribution in [0.3, 0.4) is 0 Å². The Kier molecular flexibility index (Phi) is 5.47. The standard InChI is InChI=1S/C15H23NO4S/c1-3-9-21(17,18)11-13(16-2)12-5-6-14-15(10-12)20-8-4-7-19-14/h5-6,10,13,16H,3-4,7-9,11H2,1-2H3. The van der Waals surface area contributed by atoms with Gasteiger partial charge in [-0.15, -0.1) is 0 Å². The van der Waals surface area contributed by atoms with Gasteiger partial charge in [0.2, 0.25) is 0 Å². The van der Waals surface area contributed by atoms with Crippen LogP contribution in [0.25, 0.3) is 0 Å². The summed E-state index contributed by atoms with van der Waals surface area (Å²) in [6.45, 7) is 3.14. The van der Waals surface area contributed by atoms with Crippen LogP contribution >= 0.6 is 0 Å². The van der Waals surface area contributed by atoms with Crippen LogP contribution in [-0.2, 0) is 9.84 Å². The molecule has 21 heavy (non-hydrogen) atoms. The highest BCUT2D eigenvalue weighted by molar-refractivity contribution is 7.91. The van der Waals surface area contributed by atoms with Gasteiger partial charge in [0, 0.05) is 18.2 Å². The van der Waals surface area contributed by atoms with E-state index in [-0.39, 0.29) is 17.5 Å². The van der Waals surface area contributed by atoms with Crippen molar-refractivity contribution in [3.8, 4) is 11.5 Å². The summed E-state index contributed by atoms with van der Waals surface area (Å²) in [5, 5.41) is 3.08. The number of fused-ring (bicyclic) bond motifs is 1. The molecule has 0 spiro atoms. The van der Waals surface area contributed by atoms with E-state index in [0.717, 1.165) is 17.7 Å². The first-order valence-electron chi connectivity index (χ1n) is 7.33. The van der Waals surface area contributed by atoms with Crippen LogP contribution in [0, 0.1) is 0 Å². The molecule has 6 heteroatoms. The summed E-state index contributed by atoms with van der Waals surface area (Å²) in [6, 6.07) is 5.39. The van der Waals surface area contributed by atoms with Crippen LogP contribution in [0.5, 0.6) is 11.5 Å². The number of nitrogens with one attached hydrogen (secondary N) is 1. The van der Waals surface area contributed by atoms with Gasteiger partial charge in [-0.3, -0.25) is 0 Å². The van der Waals surface area contributed by atoms with Crippen molar-refractivity contribution >= 4 is 9.84 Å². The number of hydrogen-bond donors (Lipinski definition) is 1. The van der Waals surface area contributed by atoms with Gasteiger partial charge in [0.05, 0.1) is 19.0 Å². The molecule has 0 saturated heterocycles. The lowest BCUT2D eigenvalue weighted by atomic mass is 10.1. The molecule has 0 saturated carbocycles. The van der Waals surface area contributed by atoms with Crippen LogP contribution in [-0.4, -0.2) is 40.2 Å². The van der Waals surface area contributed by atoms with E-state index in [1.54, 1.807) is 7.05 Å². The Bertz CT molecular complexity index is 571. The van der Waals surface area contributed by atoms with E-state index in [9.17, 15) is 8.42 Å². The summed E-state index contributed by atoms with van der Waals surface area (Å²) < 4.78 is 35.3. The molecule has 1 aliphatic heterocycles. The first kappa shape index (κ1) is 16.1. The van der Waals surface area contributed by atoms with Gasteiger partial charge in [-0.2, -0.15) is 0 Å². The predicted molar refractivity (Wildman–Crippen MR) is 82.8 cm³/mol. The lowest BCUT2D eigenvalue weighted by Gasteiger charge is -2.18. The molecule has 1 aromatic carbocycles. The Morgan fingerprint density at radius 1 is 1.24 bits per heavy atom. The fraction of sp³-hybridized carbons (Fsp3) is 0.600. The van der Waals surface area contributed by atoms with Gasteiger partial charge >= 0.3 is 0 Å². The Hall–Kier alpha value is -1.27. The second-order valence-electron chi connectivity index (χ2n) is 5.21. The summed E-state index contributed by atoms with van der Waals surface area (Å²) in [6.07, 6.45) is 1.49. The first-order valence-corrected chi connectivity index (χ1v) is 9.15. The fourth-order valence-electron chi connectivity index (χ4n) is 2.39. The van der Waals surface area contributed by atoms with Gasteiger partial charge < -0.3 is 14.8 Å². The number of hydrogen-bond acceptors (Lipinski definition) is 5. The molecular formula is C15H23NO4S. The molecule has 0 aliphatic carbocycles. The average molecular weight is 313 g/mol. The molecule has 0 aromatic heterocycles. The third kappa shape index (κ3) is 4.35. The topological polar surface area (TPSA) is 64.6 Å². The van der Waals surface area contributed by atoms with Crippen LogP contribution < -0.4 is 14.8 Å². The predicted octanol–water partition coefficient (Wildman–Crippen LogP) is 1.93. The Balaban J connectivity index is 2.20. The third-order valence-electron chi connectivity index (χ3n) is 3.46.